The second-order valence-corrected chi connectivity index (χ2v) is 8.43. The van der Waals surface area contributed by atoms with E-state index in [1.807, 2.05) is 0 Å². The number of esters is 1. The van der Waals surface area contributed by atoms with Gasteiger partial charge in [0.25, 0.3) is 5.91 Å². The molecule has 142 valence electrons. The smallest absolute Gasteiger partial charge is 0.339 e. The molecule has 0 fully saturated rings. The third-order valence-electron chi connectivity index (χ3n) is 4.40. The molecule has 27 heavy (non-hydrogen) atoms. The Hall–Kier alpha value is -2.74. The topological polar surface area (TPSA) is 89.5 Å². The number of rotatable bonds is 4. The van der Waals surface area contributed by atoms with Gasteiger partial charge in [-0.2, -0.15) is 0 Å². The van der Waals surface area contributed by atoms with Gasteiger partial charge in [-0.05, 0) is 36.2 Å². The van der Waals surface area contributed by atoms with Crippen molar-refractivity contribution in [1.82, 2.24) is 5.32 Å². The van der Waals surface area contributed by atoms with Gasteiger partial charge >= 0.3 is 5.97 Å². The normalized spacial score (nSPS) is 17.6. The molecule has 1 amide bonds. The molecule has 0 unspecified atom stereocenters. The molecule has 2 aromatic carbocycles. The van der Waals surface area contributed by atoms with Crippen LogP contribution >= 0.6 is 0 Å². The zero-order chi connectivity index (χ0) is 19.8. The summed E-state index contributed by atoms with van der Waals surface area (Å²) in [7, 11) is -3.67. The molecular formula is C19H18FNO5S. The van der Waals surface area contributed by atoms with Crippen LogP contribution in [0.3, 0.4) is 0 Å². The van der Waals surface area contributed by atoms with Gasteiger partial charge in [0.05, 0.1) is 11.6 Å². The summed E-state index contributed by atoms with van der Waals surface area (Å²) in [5.74, 6) is -1.94. The molecule has 3 rings (SSSR count). The van der Waals surface area contributed by atoms with Crippen molar-refractivity contribution in [2.75, 3.05) is 6.26 Å². The van der Waals surface area contributed by atoms with Gasteiger partial charge in [0.1, 0.15) is 10.7 Å². The van der Waals surface area contributed by atoms with Crippen molar-refractivity contribution >= 4 is 21.7 Å². The van der Waals surface area contributed by atoms with Crippen LogP contribution in [0, 0.1) is 5.82 Å². The summed E-state index contributed by atoms with van der Waals surface area (Å²) < 4.78 is 42.2. The SMILES string of the molecule is C[C@H](NC(=O)[C@@H]1Cc2ccccc2C(=O)O1)c1ccc(S(C)(=O)=O)c(F)c1. The fourth-order valence-electron chi connectivity index (χ4n) is 2.95. The maximum Gasteiger partial charge on any atom is 0.339 e. The Morgan fingerprint density at radius 2 is 1.96 bits per heavy atom. The van der Waals surface area contributed by atoms with E-state index in [4.69, 9.17) is 4.74 Å². The van der Waals surface area contributed by atoms with E-state index >= 15 is 0 Å². The number of ether oxygens (including phenoxy) is 1. The van der Waals surface area contributed by atoms with E-state index in [1.165, 1.54) is 12.1 Å². The van der Waals surface area contributed by atoms with Gasteiger partial charge < -0.3 is 10.1 Å². The lowest BCUT2D eigenvalue weighted by Crippen LogP contribution is -2.42. The van der Waals surface area contributed by atoms with Crippen molar-refractivity contribution < 1.29 is 27.1 Å². The first-order chi connectivity index (χ1) is 12.7. The zero-order valence-electron chi connectivity index (χ0n) is 14.7. The molecule has 1 aliphatic heterocycles. The lowest BCUT2D eigenvalue weighted by molar-refractivity contribution is -0.131. The highest BCUT2D eigenvalue weighted by Crippen LogP contribution is 2.23. The number of hydrogen-bond donors (Lipinski definition) is 1. The van der Waals surface area contributed by atoms with E-state index in [0.717, 1.165) is 17.9 Å². The van der Waals surface area contributed by atoms with Crippen LogP contribution < -0.4 is 5.32 Å². The first-order valence-corrected chi connectivity index (χ1v) is 10.1. The molecule has 0 spiro atoms. The Morgan fingerprint density at radius 3 is 2.63 bits per heavy atom. The Bertz CT molecular complexity index is 1020. The molecule has 0 bridgehead atoms. The summed E-state index contributed by atoms with van der Waals surface area (Å²) in [6.45, 7) is 1.63. The summed E-state index contributed by atoms with van der Waals surface area (Å²) in [5, 5.41) is 2.67. The van der Waals surface area contributed by atoms with Gasteiger partial charge in [-0.25, -0.2) is 17.6 Å². The zero-order valence-corrected chi connectivity index (χ0v) is 15.5. The lowest BCUT2D eigenvalue weighted by atomic mass is 9.98. The van der Waals surface area contributed by atoms with Crippen molar-refractivity contribution in [2.45, 2.75) is 30.4 Å². The van der Waals surface area contributed by atoms with Crippen molar-refractivity contribution in [3.8, 4) is 0 Å². The minimum Gasteiger partial charge on any atom is -0.448 e. The summed E-state index contributed by atoms with van der Waals surface area (Å²) >= 11 is 0. The molecule has 0 aromatic heterocycles. The summed E-state index contributed by atoms with van der Waals surface area (Å²) in [5.41, 5.74) is 1.56. The summed E-state index contributed by atoms with van der Waals surface area (Å²) in [6, 6.07) is 9.98. The van der Waals surface area contributed by atoms with Gasteiger partial charge in [0, 0.05) is 12.7 Å². The molecule has 6 nitrogen and oxygen atoms in total. The Kier molecular flexibility index (Phi) is 5.01. The number of carbonyl (C=O) groups excluding carboxylic acids is 2. The van der Waals surface area contributed by atoms with Gasteiger partial charge in [-0.1, -0.05) is 24.3 Å². The molecule has 0 saturated carbocycles. The number of benzene rings is 2. The predicted octanol–water partition coefficient (Wildman–Crippen LogP) is 2.19. The maximum atomic E-state index is 14.1. The number of fused-ring (bicyclic) bond motifs is 1. The Balaban J connectivity index is 1.73. The van der Waals surface area contributed by atoms with E-state index in [9.17, 15) is 22.4 Å². The van der Waals surface area contributed by atoms with Crippen LogP contribution in [0.4, 0.5) is 4.39 Å². The number of halogens is 1. The van der Waals surface area contributed by atoms with Gasteiger partial charge in [-0.15, -0.1) is 0 Å². The number of amides is 1. The fourth-order valence-corrected chi connectivity index (χ4v) is 3.68. The highest BCUT2D eigenvalue weighted by molar-refractivity contribution is 7.90. The maximum absolute atomic E-state index is 14.1. The van der Waals surface area contributed by atoms with Crippen molar-refractivity contribution in [1.29, 1.82) is 0 Å². The average Bonchev–Trinajstić information content (AvgIpc) is 2.60. The van der Waals surface area contributed by atoms with Crippen molar-refractivity contribution in [3.05, 3.63) is 65.0 Å². The molecule has 1 aliphatic rings. The molecule has 0 saturated heterocycles. The second-order valence-electron chi connectivity index (χ2n) is 6.45. The van der Waals surface area contributed by atoms with Crippen LogP contribution in [0.25, 0.3) is 0 Å². The molecule has 2 aromatic rings. The summed E-state index contributed by atoms with van der Waals surface area (Å²) in [6.07, 6.45) is 0.197. The van der Waals surface area contributed by atoms with E-state index in [-0.39, 0.29) is 6.42 Å². The largest absolute Gasteiger partial charge is 0.448 e. The lowest BCUT2D eigenvalue weighted by Gasteiger charge is -2.25. The number of nitrogens with one attached hydrogen (secondary N) is 1. The van der Waals surface area contributed by atoms with Gasteiger partial charge in [0.15, 0.2) is 15.9 Å². The van der Waals surface area contributed by atoms with Crippen LogP contribution in [-0.2, 0) is 25.8 Å². The van der Waals surface area contributed by atoms with E-state index in [0.29, 0.717) is 11.1 Å². The molecule has 2 atom stereocenters. The molecule has 0 aliphatic carbocycles. The van der Waals surface area contributed by atoms with E-state index in [2.05, 4.69) is 5.32 Å². The third-order valence-corrected chi connectivity index (χ3v) is 5.53. The molecule has 0 radical (unpaired) electrons. The molecule has 1 N–H and O–H groups in total. The van der Waals surface area contributed by atoms with Crippen LogP contribution in [0.2, 0.25) is 0 Å². The van der Waals surface area contributed by atoms with Gasteiger partial charge in [-0.3, -0.25) is 4.79 Å². The number of hydrogen-bond acceptors (Lipinski definition) is 5. The molecular weight excluding hydrogens is 373 g/mol. The van der Waals surface area contributed by atoms with E-state index in [1.54, 1.807) is 31.2 Å². The summed E-state index contributed by atoms with van der Waals surface area (Å²) in [4.78, 5) is 24.1. The molecule has 1 heterocycles. The average molecular weight is 391 g/mol. The van der Waals surface area contributed by atoms with Crippen LogP contribution in [-0.4, -0.2) is 32.7 Å². The Labute approximate surface area is 156 Å². The van der Waals surface area contributed by atoms with Crippen LogP contribution in [0.15, 0.2) is 47.4 Å². The Morgan fingerprint density at radius 1 is 1.26 bits per heavy atom. The highest BCUT2D eigenvalue weighted by atomic mass is 32.2. The van der Waals surface area contributed by atoms with Crippen LogP contribution in [0.5, 0.6) is 0 Å². The fraction of sp³-hybridized carbons (Fsp3) is 0.263. The van der Waals surface area contributed by atoms with E-state index < -0.39 is 44.6 Å². The first kappa shape index (κ1) is 19.0. The highest BCUT2D eigenvalue weighted by Gasteiger charge is 2.31. The van der Waals surface area contributed by atoms with Gasteiger partial charge in [0.2, 0.25) is 0 Å². The standard InChI is InChI=1S/C19H18FNO5S/c1-11(12-7-8-17(15(20)9-12)27(2,24)25)21-18(22)16-10-13-5-3-4-6-14(13)19(23)26-16/h3-9,11,16H,10H2,1-2H3,(H,21,22)/t11-,16-/m0/s1. The van der Waals surface area contributed by atoms with Crippen molar-refractivity contribution in [3.63, 3.8) is 0 Å². The number of sulfone groups is 1. The van der Waals surface area contributed by atoms with Crippen LogP contribution in [0.1, 0.15) is 34.5 Å². The monoisotopic (exact) mass is 391 g/mol. The quantitative estimate of drug-likeness (QED) is 0.807. The number of cyclic esters (lactones) is 1. The third kappa shape index (κ3) is 4.00. The second kappa shape index (κ2) is 7.11. The molecule has 8 heteroatoms. The first-order valence-electron chi connectivity index (χ1n) is 8.25. The predicted molar refractivity (Wildman–Crippen MR) is 95.4 cm³/mol. The number of carbonyl (C=O) groups is 2. The minimum absolute atomic E-state index is 0.252. The minimum atomic E-state index is -3.67. The van der Waals surface area contributed by atoms with Crippen molar-refractivity contribution in [2.24, 2.45) is 0 Å².